The van der Waals surface area contributed by atoms with E-state index in [1.54, 1.807) is 0 Å². The van der Waals surface area contributed by atoms with E-state index in [4.69, 9.17) is 0 Å². The van der Waals surface area contributed by atoms with Crippen LogP contribution in [-0.2, 0) is 28.6 Å². The first-order valence-electron chi connectivity index (χ1n) is 8.24. The molecule has 0 bridgehead atoms. The Balaban J connectivity index is 0. The van der Waals surface area contributed by atoms with Gasteiger partial charge >= 0.3 is 29.8 Å². The Morgan fingerprint density at radius 1 is 0.800 bits per heavy atom. The van der Waals surface area contributed by atoms with Gasteiger partial charge in [0, 0.05) is 25.0 Å². The number of halogens is 6. The van der Waals surface area contributed by atoms with Gasteiger partial charge in [-0.1, -0.05) is 13.2 Å². The Kier molecular flexibility index (Phi) is 12.1. The molecular formula is C18H24F6O6. The summed E-state index contributed by atoms with van der Waals surface area (Å²) in [6.07, 6.45) is -1.21. The largest absolute Gasteiger partial charge is 0.462 e. The van der Waals surface area contributed by atoms with Gasteiger partial charge in [0.05, 0.1) is 13.0 Å². The smallest absolute Gasteiger partial charge is 0.344 e. The number of ether oxygens (including phenoxy) is 3. The Morgan fingerprint density at radius 3 is 1.60 bits per heavy atom. The number of hydrogen-bond donors (Lipinski definition) is 0. The molecule has 0 N–H and O–H groups in total. The summed E-state index contributed by atoms with van der Waals surface area (Å²) in [6, 6.07) is 0. The zero-order valence-corrected chi connectivity index (χ0v) is 17.0. The summed E-state index contributed by atoms with van der Waals surface area (Å²) >= 11 is 0. The number of hydrogen-bond acceptors (Lipinski definition) is 6. The molecule has 12 heteroatoms. The highest BCUT2D eigenvalue weighted by Crippen LogP contribution is 2.36. The maximum atomic E-state index is 12.6. The molecular weight excluding hydrogens is 426 g/mol. The van der Waals surface area contributed by atoms with Crippen molar-refractivity contribution in [3.05, 3.63) is 24.3 Å². The lowest BCUT2D eigenvalue weighted by Crippen LogP contribution is -2.38. The first-order valence-corrected chi connectivity index (χ1v) is 8.24. The molecule has 0 rings (SSSR count). The predicted molar refractivity (Wildman–Crippen MR) is 93.3 cm³/mol. The van der Waals surface area contributed by atoms with Crippen LogP contribution in [0, 0.1) is 0 Å². The van der Waals surface area contributed by atoms with Gasteiger partial charge in [-0.15, -0.1) is 0 Å². The fourth-order valence-corrected chi connectivity index (χ4v) is 1.11. The number of carbonyl (C=O) groups is 3. The van der Waals surface area contributed by atoms with E-state index >= 15 is 0 Å². The van der Waals surface area contributed by atoms with Crippen LogP contribution < -0.4 is 0 Å². The lowest BCUT2D eigenvalue weighted by molar-refractivity contribution is -0.206. The van der Waals surface area contributed by atoms with Crippen LogP contribution in [0.3, 0.4) is 0 Å². The van der Waals surface area contributed by atoms with E-state index in [0.717, 1.165) is 0 Å². The van der Waals surface area contributed by atoms with Crippen LogP contribution in [0.15, 0.2) is 24.3 Å². The van der Waals surface area contributed by atoms with E-state index in [1.165, 1.54) is 13.8 Å². The summed E-state index contributed by atoms with van der Waals surface area (Å²) in [5.41, 5.74) is 0.144. The minimum absolute atomic E-state index is 0.0292. The van der Waals surface area contributed by atoms with Crippen molar-refractivity contribution in [2.24, 2.45) is 0 Å². The molecule has 6 nitrogen and oxygen atoms in total. The molecule has 30 heavy (non-hydrogen) atoms. The van der Waals surface area contributed by atoms with E-state index in [9.17, 15) is 40.7 Å². The molecule has 0 atom stereocenters. The van der Waals surface area contributed by atoms with E-state index in [-0.39, 0.29) is 18.1 Å². The highest BCUT2D eigenvalue weighted by atomic mass is 19.3. The van der Waals surface area contributed by atoms with E-state index in [2.05, 4.69) is 27.4 Å². The third kappa shape index (κ3) is 14.5. The summed E-state index contributed by atoms with van der Waals surface area (Å²) in [6.45, 7) is 7.45. The van der Waals surface area contributed by atoms with Crippen LogP contribution in [-0.4, -0.2) is 55.5 Å². The maximum absolute atomic E-state index is 12.6. The highest BCUT2D eigenvalue weighted by molar-refractivity contribution is 5.88. The average molecular weight is 450 g/mol. The van der Waals surface area contributed by atoms with E-state index in [1.807, 2.05) is 0 Å². The second-order valence-electron chi connectivity index (χ2n) is 6.35. The molecule has 0 saturated heterocycles. The molecule has 0 aromatic heterocycles. The predicted octanol–water partition coefficient (Wildman–Crippen LogP) is 4.09. The highest BCUT2D eigenvalue weighted by Gasteiger charge is 2.51. The van der Waals surface area contributed by atoms with Gasteiger partial charge in [-0.25, -0.2) is 31.9 Å². The molecule has 0 aliphatic rings. The van der Waals surface area contributed by atoms with Gasteiger partial charge in [0.1, 0.15) is 0 Å². The molecule has 0 unspecified atom stereocenters. The van der Waals surface area contributed by atoms with Crippen molar-refractivity contribution in [2.75, 3.05) is 19.8 Å². The van der Waals surface area contributed by atoms with Gasteiger partial charge in [-0.2, -0.15) is 8.78 Å². The second-order valence-corrected chi connectivity index (χ2v) is 6.35. The zero-order valence-electron chi connectivity index (χ0n) is 17.0. The molecule has 0 saturated carbocycles. The summed E-state index contributed by atoms with van der Waals surface area (Å²) in [5.74, 6) is -14.1. The number of alkyl halides is 6. The summed E-state index contributed by atoms with van der Waals surface area (Å²) in [4.78, 5) is 32.2. The topological polar surface area (TPSA) is 78.9 Å². The third-order valence-electron chi connectivity index (χ3n) is 2.80. The van der Waals surface area contributed by atoms with Crippen molar-refractivity contribution in [3.63, 3.8) is 0 Å². The van der Waals surface area contributed by atoms with Crippen molar-refractivity contribution >= 4 is 17.9 Å². The van der Waals surface area contributed by atoms with Crippen molar-refractivity contribution in [1.29, 1.82) is 0 Å². The zero-order chi connectivity index (χ0) is 24.3. The van der Waals surface area contributed by atoms with Crippen molar-refractivity contribution in [2.45, 2.75) is 51.9 Å². The molecule has 0 aliphatic carbocycles. The van der Waals surface area contributed by atoms with Crippen LogP contribution >= 0.6 is 0 Å². The lowest BCUT2D eigenvalue weighted by Gasteiger charge is -2.22. The fourth-order valence-electron chi connectivity index (χ4n) is 1.11. The SMILES string of the molecule is C=C(C)C(=O)OCC(=O)OCC(C)(F)F.C=C(C)C(=O)OCCC(F)(F)C(C)(F)F. The quantitative estimate of drug-likeness (QED) is 0.216. The van der Waals surface area contributed by atoms with Crippen LogP contribution in [0.5, 0.6) is 0 Å². The molecule has 0 aromatic rings. The Morgan fingerprint density at radius 2 is 1.23 bits per heavy atom. The van der Waals surface area contributed by atoms with Gasteiger partial charge in [-0.3, -0.25) is 0 Å². The Hall–Kier alpha value is -2.53. The van der Waals surface area contributed by atoms with Crippen molar-refractivity contribution < 1.29 is 54.9 Å². The number of rotatable bonds is 10. The second kappa shape index (κ2) is 12.2. The first kappa shape index (κ1) is 29.7. The minimum Gasteiger partial charge on any atom is -0.462 e. The standard InChI is InChI=1S/C9H12F4O2.C9H12F2O4/c1-6(2)7(14)15-5-4-9(12,13)8(3,10)11;1-6(2)8(13)14-4-7(12)15-5-9(3,10)11/h2*1,4-5H2,2-3H3. The van der Waals surface area contributed by atoms with E-state index in [0.29, 0.717) is 6.92 Å². The van der Waals surface area contributed by atoms with Gasteiger partial charge in [0.15, 0.2) is 13.2 Å². The van der Waals surface area contributed by atoms with E-state index < -0.39 is 61.9 Å². The minimum atomic E-state index is -4.18. The number of carbonyl (C=O) groups excluding carboxylic acids is 3. The van der Waals surface area contributed by atoms with Crippen LogP contribution in [0.4, 0.5) is 26.3 Å². The summed E-state index contributed by atoms with van der Waals surface area (Å²) in [5, 5.41) is 0. The maximum Gasteiger partial charge on any atom is 0.344 e. The fraction of sp³-hybridized carbons (Fsp3) is 0.611. The first-order chi connectivity index (χ1) is 13.3. The van der Waals surface area contributed by atoms with Gasteiger partial charge in [-0.05, 0) is 13.8 Å². The Labute approximate surface area is 169 Å². The van der Waals surface area contributed by atoms with Crippen LogP contribution in [0.1, 0.15) is 34.1 Å². The number of esters is 3. The van der Waals surface area contributed by atoms with Crippen LogP contribution in [0.2, 0.25) is 0 Å². The van der Waals surface area contributed by atoms with Gasteiger partial charge in [0.25, 0.3) is 5.92 Å². The van der Waals surface area contributed by atoms with Crippen LogP contribution in [0.25, 0.3) is 0 Å². The monoisotopic (exact) mass is 450 g/mol. The van der Waals surface area contributed by atoms with Gasteiger partial charge < -0.3 is 14.2 Å². The molecule has 0 fully saturated rings. The lowest BCUT2D eigenvalue weighted by atomic mass is 10.1. The molecule has 0 aromatic carbocycles. The molecule has 174 valence electrons. The molecule has 0 aliphatic heterocycles. The van der Waals surface area contributed by atoms with Gasteiger partial charge in [0.2, 0.25) is 0 Å². The molecule has 0 amide bonds. The normalized spacial score (nSPS) is 11.5. The molecule has 0 heterocycles. The summed E-state index contributed by atoms with van der Waals surface area (Å²) < 4.78 is 87.0. The average Bonchev–Trinajstić information content (AvgIpc) is 2.56. The van der Waals surface area contributed by atoms with Crippen molar-refractivity contribution in [3.8, 4) is 0 Å². The Bertz CT molecular complexity index is 634. The van der Waals surface area contributed by atoms with Crippen molar-refractivity contribution in [1.82, 2.24) is 0 Å². The summed E-state index contributed by atoms with van der Waals surface area (Å²) in [7, 11) is 0. The third-order valence-corrected chi connectivity index (χ3v) is 2.80. The molecule has 0 spiro atoms. The molecule has 0 radical (unpaired) electrons.